The van der Waals surface area contributed by atoms with Crippen LogP contribution in [0.3, 0.4) is 0 Å². The maximum absolute atomic E-state index is 11.7. The van der Waals surface area contributed by atoms with Crippen molar-refractivity contribution in [2.75, 3.05) is 25.6 Å². The van der Waals surface area contributed by atoms with Crippen molar-refractivity contribution in [1.29, 1.82) is 0 Å². The number of nitrogens with two attached hydrogens (primary N) is 1. The van der Waals surface area contributed by atoms with E-state index in [9.17, 15) is 9.59 Å². The number of ether oxygens (including phenoxy) is 2. The Bertz CT molecular complexity index is 505. The molecule has 116 valence electrons. The lowest BCUT2D eigenvalue weighted by Gasteiger charge is -2.14. The van der Waals surface area contributed by atoms with Crippen LogP contribution < -0.4 is 20.5 Å². The highest BCUT2D eigenvalue weighted by atomic mass is 16.5. The summed E-state index contributed by atoms with van der Waals surface area (Å²) in [5.41, 5.74) is 5.84. The molecular formula is C13H18N2O6. The van der Waals surface area contributed by atoms with Crippen molar-refractivity contribution in [3.8, 4) is 11.5 Å². The Labute approximate surface area is 121 Å². The SMILES string of the molecule is COc1ccc(NC(=O)C(N)CC(=O)O)cc1OCCO. The molecule has 0 aliphatic heterocycles. The number of carboxylic acid groups (broad SMARTS) is 1. The minimum absolute atomic E-state index is 0.0757. The van der Waals surface area contributed by atoms with Crippen molar-refractivity contribution < 1.29 is 29.3 Å². The van der Waals surface area contributed by atoms with E-state index in [0.717, 1.165) is 0 Å². The molecule has 0 bridgehead atoms. The van der Waals surface area contributed by atoms with Crippen LogP contribution >= 0.6 is 0 Å². The van der Waals surface area contributed by atoms with E-state index in [4.69, 9.17) is 25.4 Å². The number of amides is 1. The molecule has 0 heterocycles. The average Bonchev–Trinajstić information content (AvgIpc) is 2.44. The second kappa shape index (κ2) is 8.08. The first-order valence-electron chi connectivity index (χ1n) is 6.18. The zero-order valence-corrected chi connectivity index (χ0v) is 11.5. The molecule has 8 heteroatoms. The van der Waals surface area contributed by atoms with E-state index in [2.05, 4.69) is 5.32 Å². The van der Waals surface area contributed by atoms with Gasteiger partial charge in [-0.05, 0) is 12.1 Å². The zero-order valence-electron chi connectivity index (χ0n) is 11.5. The van der Waals surface area contributed by atoms with Crippen molar-refractivity contribution in [3.05, 3.63) is 18.2 Å². The molecule has 21 heavy (non-hydrogen) atoms. The second-order valence-electron chi connectivity index (χ2n) is 4.13. The largest absolute Gasteiger partial charge is 0.493 e. The van der Waals surface area contributed by atoms with Crippen molar-refractivity contribution in [1.82, 2.24) is 0 Å². The molecule has 0 aliphatic rings. The van der Waals surface area contributed by atoms with Crippen LogP contribution in [0.15, 0.2) is 18.2 Å². The van der Waals surface area contributed by atoms with Gasteiger partial charge in [-0.25, -0.2) is 0 Å². The van der Waals surface area contributed by atoms with E-state index in [-0.39, 0.29) is 13.2 Å². The van der Waals surface area contributed by atoms with Gasteiger partial charge >= 0.3 is 5.97 Å². The Balaban J connectivity index is 2.79. The van der Waals surface area contributed by atoms with Crippen LogP contribution in [0.4, 0.5) is 5.69 Å². The van der Waals surface area contributed by atoms with Crippen LogP contribution in [-0.4, -0.2) is 48.5 Å². The summed E-state index contributed by atoms with van der Waals surface area (Å²) in [5, 5.41) is 19.8. The highest BCUT2D eigenvalue weighted by molar-refractivity contribution is 5.96. The minimum Gasteiger partial charge on any atom is -0.493 e. The number of carbonyl (C=O) groups is 2. The molecule has 5 N–H and O–H groups in total. The lowest BCUT2D eigenvalue weighted by Crippen LogP contribution is -2.37. The number of carbonyl (C=O) groups excluding carboxylic acids is 1. The number of methoxy groups -OCH3 is 1. The van der Waals surface area contributed by atoms with E-state index in [0.29, 0.717) is 17.2 Å². The summed E-state index contributed by atoms with van der Waals surface area (Å²) in [5.74, 6) is -0.984. The minimum atomic E-state index is -1.15. The Morgan fingerprint density at radius 3 is 2.67 bits per heavy atom. The van der Waals surface area contributed by atoms with E-state index in [1.54, 1.807) is 12.1 Å². The smallest absolute Gasteiger partial charge is 0.305 e. The zero-order chi connectivity index (χ0) is 15.8. The first-order chi connectivity index (χ1) is 9.97. The van der Waals surface area contributed by atoms with Crippen LogP contribution in [-0.2, 0) is 9.59 Å². The number of rotatable bonds is 8. The molecule has 0 aromatic heterocycles. The number of aliphatic carboxylic acids is 1. The molecule has 1 amide bonds. The fraction of sp³-hybridized carbons (Fsp3) is 0.385. The van der Waals surface area contributed by atoms with Crippen molar-refractivity contribution >= 4 is 17.6 Å². The van der Waals surface area contributed by atoms with Crippen LogP contribution in [0.1, 0.15) is 6.42 Å². The molecular weight excluding hydrogens is 280 g/mol. The molecule has 0 radical (unpaired) electrons. The molecule has 1 aromatic carbocycles. The van der Waals surface area contributed by atoms with Gasteiger partial charge in [0.2, 0.25) is 5.91 Å². The number of nitrogens with one attached hydrogen (secondary N) is 1. The number of aliphatic hydroxyl groups excluding tert-OH is 1. The number of benzene rings is 1. The van der Waals surface area contributed by atoms with Gasteiger partial charge < -0.3 is 30.7 Å². The highest BCUT2D eigenvalue weighted by Crippen LogP contribution is 2.30. The van der Waals surface area contributed by atoms with Gasteiger partial charge in [0.25, 0.3) is 0 Å². The van der Waals surface area contributed by atoms with Gasteiger partial charge in [-0.15, -0.1) is 0 Å². The lowest BCUT2D eigenvalue weighted by molar-refractivity contribution is -0.138. The molecule has 1 rings (SSSR count). The van der Waals surface area contributed by atoms with Gasteiger partial charge in [-0.2, -0.15) is 0 Å². The van der Waals surface area contributed by atoms with Crippen LogP contribution in [0, 0.1) is 0 Å². The summed E-state index contributed by atoms with van der Waals surface area (Å²) in [6.45, 7) is -0.0878. The standard InChI is InChI=1S/C13H18N2O6/c1-20-10-3-2-8(6-11(10)21-5-4-16)15-13(19)9(14)7-12(17)18/h2-3,6,9,16H,4-5,7,14H2,1H3,(H,15,19)(H,17,18). The van der Waals surface area contributed by atoms with E-state index in [1.807, 2.05) is 0 Å². The Morgan fingerprint density at radius 2 is 2.10 bits per heavy atom. The van der Waals surface area contributed by atoms with Gasteiger partial charge in [0.15, 0.2) is 11.5 Å². The predicted molar refractivity (Wildman–Crippen MR) is 74.4 cm³/mol. The van der Waals surface area contributed by atoms with E-state index in [1.165, 1.54) is 13.2 Å². The van der Waals surface area contributed by atoms with E-state index >= 15 is 0 Å². The fourth-order valence-corrected chi connectivity index (χ4v) is 1.54. The molecule has 0 saturated carbocycles. The summed E-state index contributed by atoms with van der Waals surface area (Å²) >= 11 is 0. The summed E-state index contributed by atoms with van der Waals surface area (Å²) < 4.78 is 10.4. The molecule has 0 aliphatic carbocycles. The van der Waals surface area contributed by atoms with Gasteiger partial charge in [-0.3, -0.25) is 9.59 Å². The van der Waals surface area contributed by atoms with E-state index < -0.39 is 24.3 Å². The number of carboxylic acids is 1. The second-order valence-corrected chi connectivity index (χ2v) is 4.13. The normalized spacial score (nSPS) is 11.6. The van der Waals surface area contributed by atoms with Crippen LogP contribution in [0.25, 0.3) is 0 Å². The third-order valence-corrected chi connectivity index (χ3v) is 2.51. The predicted octanol–water partition coefficient (Wildman–Crippen LogP) is -0.193. The summed E-state index contributed by atoms with van der Waals surface area (Å²) in [6.07, 6.45) is -0.462. The summed E-state index contributed by atoms with van der Waals surface area (Å²) in [6, 6.07) is 3.49. The molecule has 0 fully saturated rings. The molecule has 1 aromatic rings. The summed E-state index contributed by atoms with van der Waals surface area (Å²) in [7, 11) is 1.46. The van der Waals surface area contributed by atoms with Crippen LogP contribution in [0.5, 0.6) is 11.5 Å². The number of hydrogen-bond acceptors (Lipinski definition) is 6. The molecule has 0 spiro atoms. The van der Waals surface area contributed by atoms with Gasteiger partial charge in [-0.1, -0.05) is 0 Å². The Hall–Kier alpha value is -2.32. The Kier molecular flexibility index (Phi) is 6.44. The number of hydrogen-bond donors (Lipinski definition) is 4. The fourth-order valence-electron chi connectivity index (χ4n) is 1.54. The first-order valence-corrected chi connectivity index (χ1v) is 6.18. The monoisotopic (exact) mass is 298 g/mol. The molecule has 8 nitrogen and oxygen atoms in total. The molecule has 1 unspecified atom stereocenters. The third-order valence-electron chi connectivity index (χ3n) is 2.51. The maximum atomic E-state index is 11.7. The van der Waals surface area contributed by atoms with Gasteiger partial charge in [0, 0.05) is 11.8 Å². The molecule has 1 atom stereocenters. The van der Waals surface area contributed by atoms with Crippen molar-refractivity contribution in [2.45, 2.75) is 12.5 Å². The lowest BCUT2D eigenvalue weighted by atomic mass is 10.2. The molecule has 0 saturated heterocycles. The average molecular weight is 298 g/mol. The maximum Gasteiger partial charge on any atom is 0.305 e. The van der Waals surface area contributed by atoms with Gasteiger partial charge in [0.1, 0.15) is 6.61 Å². The number of aliphatic hydroxyl groups is 1. The highest BCUT2D eigenvalue weighted by Gasteiger charge is 2.17. The topological polar surface area (TPSA) is 131 Å². The quantitative estimate of drug-likeness (QED) is 0.523. The first kappa shape index (κ1) is 16.7. The van der Waals surface area contributed by atoms with Gasteiger partial charge in [0.05, 0.1) is 26.2 Å². The summed E-state index contributed by atoms with van der Waals surface area (Å²) in [4.78, 5) is 22.2. The number of anilines is 1. The van der Waals surface area contributed by atoms with Crippen molar-refractivity contribution in [3.63, 3.8) is 0 Å². The third kappa shape index (κ3) is 5.28. The van der Waals surface area contributed by atoms with Crippen LogP contribution in [0.2, 0.25) is 0 Å². The Morgan fingerprint density at radius 1 is 1.38 bits per heavy atom. The van der Waals surface area contributed by atoms with Crippen molar-refractivity contribution in [2.24, 2.45) is 5.73 Å².